The zero-order valence-corrected chi connectivity index (χ0v) is 42.3. The average molecular weight is 911 g/mol. The van der Waals surface area contributed by atoms with Gasteiger partial charge in [0.2, 0.25) is 5.91 Å². The second-order valence-corrected chi connectivity index (χ2v) is 26.0. The second-order valence-electron chi connectivity index (χ2n) is 26.0. The first-order valence-electron chi connectivity index (χ1n) is 27.0. The van der Waals surface area contributed by atoms with Crippen LogP contribution in [-0.2, 0) is 39.9 Å². The highest BCUT2D eigenvalue weighted by atomic mass is 16.5. The van der Waals surface area contributed by atoms with Crippen LogP contribution in [0.25, 0.3) is 0 Å². The number of hydrogen-bond donors (Lipinski definition) is 0. The van der Waals surface area contributed by atoms with Gasteiger partial charge in [0.1, 0.15) is 12.7 Å². The third kappa shape index (κ3) is 7.57. The van der Waals surface area contributed by atoms with E-state index in [1.807, 2.05) is 44.2 Å². The van der Waals surface area contributed by atoms with E-state index in [1.54, 1.807) is 0 Å². The largest absolute Gasteiger partial charge is 0.462 e. The van der Waals surface area contributed by atoms with Crippen molar-refractivity contribution < 1.29 is 33.3 Å². The minimum atomic E-state index is -0.509. The summed E-state index contributed by atoms with van der Waals surface area (Å²) in [6, 6.07) is 9.80. The Morgan fingerprint density at radius 3 is 2.08 bits per heavy atom. The first kappa shape index (κ1) is 47.2. The third-order valence-electron chi connectivity index (χ3n) is 22.6. The molecule has 10 rings (SSSR count). The van der Waals surface area contributed by atoms with Crippen molar-refractivity contribution in [3.8, 4) is 0 Å². The molecule has 9 heteroatoms. The molecule has 1 aromatic rings. The maximum atomic E-state index is 15.4. The van der Waals surface area contributed by atoms with E-state index >= 15 is 4.79 Å². The standard InChI is InChI=1S/C57H86N2O7/c1-51(2)42(48(60)65-37-38-12-10-9-11-13-38)36-43(51)49(61)66-46-18-21-54(6)44(52(46,3)4)17-22-56(8)45(54)15-14-41-47-40(53(5)24-25-53)16-23-57(47,27-26-55(41,56)7)50(62)59-28-19-39(20-29-59)64-35-32-58-30-33-63-34-31-58/h9-13,39-47H,14-37H2,1-8H3. The highest BCUT2D eigenvalue weighted by Gasteiger charge is 2.74. The van der Waals surface area contributed by atoms with E-state index in [-0.39, 0.29) is 69.7 Å². The summed E-state index contributed by atoms with van der Waals surface area (Å²) in [4.78, 5) is 47.5. The number of fused-ring (bicyclic) bond motifs is 7. The summed E-state index contributed by atoms with van der Waals surface area (Å²) in [5.41, 5.74) is 1.04. The summed E-state index contributed by atoms with van der Waals surface area (Å²) >= 11 is 0. The Morgan fingerprint density at radius 1 is 0.667 bits per heavy atom. The lowest BCUT2D eigenvalue weighted by Crippen LogP contribution is -2.68. The number of nitrogens with zero attached hydrogens (tertiary/aromatic N) is 2. The van der Waals surface area contributed by atoms with Crippen molar-refractivity contribution in [2.75, 3.05) is 52.5 Å². The fraction of sp³-hybridized carbons (Fsp3) is 0.842. The Bertz CT molecular complexity index is 1970. The molecule has 0 N–H and O–H groups in total. The van der Waals surface area contributed by atoms with Crippen LogP contribution in [0.1, 0.15) is 157 Å². The van der Waals surface area contributed by atoms with Crippen LogP contribution in [0.5, 0.6) is 0 Å². The van der Waals surface area contributed by atoms with Crippen LogP contribution < -0.4 is 0 Å². The molecule has 2 heterocycles. The van der Waals surface area contributed by atoms with E-state index in [4.69, 9.17) is 18.9 Å². The average Bonchev–Trinajstić information content (AvgIpc) is 3.91. The summed E-state index contributed by atoms with van der Waals surface area (Å²) in [6.45, 7) is 26.8. The van der Waals surface area contributed by atoms with Crippen LogP contribution in [0.2, 0.25) is 0 Å². The highest BCUT2D eigenvalue weighted by molar-refractivity contribution is 5.84. The Morgan fingerprint density at radius 2 is 1.38 bits per heavy atom. The maximum absolute atomic E-state index is 15.4. The van der Waals surface area contributed by atoms with Gasteiger partial charge in [-0.05, 0) is 159 Å². The molecule has 0 aromatic heterocycles. The van der Waals surface area contributed by atoms with Gasteiger partial charge in [0.05, 0.1) is 43.2 Å². The summed E-state index contributed by atoms with van der Waals surface area (Å²) in [5, 5.41) is 0. The van der Waals surface area contributed by atoms with Gasteiger partial charge in [-0.15, -0.1) is 0 Å². The molecule has 66 heavy (non-hydrogen) atoms. The van der Waals surface area contributed by atoms with Crippen molar-refractivity contribution in [2.24, 2.45) is 79.3 Å². The number of piperidine rings is 1. The predicted molar refractivity (Wildman–Crippen MR) is 256 cm³/mol. The van der Waals surface area contributed by atoms with Gasteiger partial charge in [-0.1, -0.05) is 85.7 Å². The molecule has 1 amide bonds. The first-order valence-corrected chi connectivity index (χ1v) is 27.0. The molecular formula is C57H86N2O7. The van der Waals surface area contributed by atoms with Gasteiger partial charge < -0.3 is 23.8 Å². The Kier molecular flexibility index (Phi) is 12.2. The van der Waals surface area contributed by atoms with Gasteiger partial charge in [-0.3, -0.25) is 19.3 Å². The summed E-state index contributed by atoms with van der Waals surface area (Å²) < 4.78 is 24.4. The van der Waals surface area contributed by atoms with Crippen molar-refractivity contribution in [1.82, 2.24) is 9.80 Å². The molecule has 9 nitrogen and oxygen atoms in total. The van der Waals surface area contributed by atoms with Gasteiger partial charge in [-0.2, -0.15) is 0 Å². The predicted octanol–water partition coefficient (Wildman–Crippen LogP) is 10.5. The van der Waals surface area contributed by atoms with Crippen molar-refractivity contribution in [1.29, 1.82) is 0 Å². The number of ether oxygens (including phenoxy) is 4. The zero-order chi connectivity index (χ0) is 46.5. The molecule has 9 fully saturated rings. The van der Waals surface area contributed by atoms with Gasteiger partial charge in [0.25, 0.3) is 0 Å². The van der Waals surface area contributed by atoms with Crippen molar-refractivity contribution in [3.05, 3.63) is 35.9 Å². The number of likely N-dealkylation sites (tertiary alicyclic amines) is 1. The van der Waals surface area contributed by atoms with Crippen LogP contribution in [-0.4, -0.2) is 92.4 Å². The lowest BCUT2D eigenvalue weighted by Gasteiger charge is -2.73. The smallest absolute Gasteiger partial charge is 0.309 e. The van der Waals surface area contributed by atoms with E-state index in [0.717, 1.165) is 103 Å². The number of carbonyl (C=O) groups is 3. The first-order chi connectivity index (χ1) is 31.4. The maximum Gasteiger partial charge on any atom is 0.309 e. The van der Waals surface area contributed by atoms with Gasteiger partial charge in [0.15, 0.2) is 0 Å². The molecule has 2 aliphatic heterocycles. The SMILES string of the molecule is CC1(C2CCC3(C(=O)N4CCC(OCCN5CCOCC5)CC4)CCC4(C)C(CCC5C6(C)CCC(OC(=O)C7CC(C(=O)OCc8ccccc8)C7(C)C)C(C)(C)C6CCC54C)C23)CC1. The molecule has 0 radical (unpaired) electrons. The minimum Gasteiger partial charge on any atom is -0.462 e. The Hall–Kier alpha value is -2.49. The molecular weight excluding hydrogens is 825 g/mol. The molecule has 0 spiro atoms. The molecule has 7 aliphatic carbocycles. The van der Waals surface area contributed by atoms with Crippen LogP contribution in [0.15, 0.2) is 30.3 Å². The molecule has 0 bridgehead atoms. The zero-order valence-electron chi connectivity index (χ0n) is 42.3. The quantitative estimate of drug-likeness (QED) is 0.203. The van der Waals surface area contributed by atoms with Gasteiger partial charge in [0, 0.05) is 38.1 Å². The van der Waals surface area contributed by atoms with E-state index in [9.17, 15) is 9.59 Å². The van der Waals surface area contributed by atoms with E-state index in [0.29, 0.717) is 47.3 Å². The Labute approximate surface area is 397 Å². The van der Waals surface area contributed by atoms with E-state index in [1.165, 1.54) is 44.9 Å². The Balaban J connectivity index is 0.804. The topological polar surface area (TPSA) is 94.6 Å². The third-order valence-corrected chi connectivity index (χ3v) is 22.6. The summed E-state index contributed by atoms with van der Waals surface area (Å²) in [5.74, 6) is 2.34. The number of benzene rings is 1. The van der Waals surface area contributed by atoms with Crippen LogP contribution >= 0.6 is 0 Å². The normalized spacial score (nSPS) is 42.4. The van der Waals surface area contributed by atoms with Crippen LogP contribution in [0, 0.1) is 79.3 Å². The number of amides is 1. The van der Waals surface area contributed by atoms with Gasteiger partial charge in [-0.25, -0.2) is 0 Å². The van der Waals surface area contributed by atoms with Crippen molar-refractivity contribution >= 4 is 17.8 Å². The molecule has 1 aromatic carbocycles. The summed E-state index contributed by atoms with van der Waals surface area (Å²) in [6.07, 6.45) is 16.6. The fourth-order valence-corrected chi connectivity index (χ4v) is 18.0. The van der Waals surface area contributed by atoms with Crippen LogP contribution in [0.4, 0.5) is 0 Å². The lowest BCUT2D eigenvalue weighted by atomic mass is 9.32. The molecule has 7 saturated carbocycles. The number of carbonyl (C=O) groups excluding carboxylic acids is 3. The molecule has 2 saturated heterocycles. The van der Waals surface area contributed by atoms with E-state index in [2.05, 4.69) is 51.3 Å². The molecule has 366 valence electrons. The van der Waals surface area contributed by atoms with E-state index < -0.39 is 5.41 Å². The van der Waals surface area contributed by atoms with Gasteiger partial charge >= 0.3 is 11.9 Å². The molecule has 12 atom stereocenters. The second kappa shape index (κ2) is 17.1. The lowest BCUT2D eigenvalue weighted by molar-refractivity contribution is -0.253. The number of esters is 2. The highest BCUT2D eigenvalue weighted by Crippen LogP contribution is 2.79. The minimum absolute atomic E-state index is 0.129. The molecule has 12 unspecified atom stereocenters. The summed E-state index contributed by atoms with van der Waals surface area (Å²) in [7, 11) is 0. The van der Waals surface area contributed by atoms with Crippen molar-refractivity contribution in [3.63, 3.8) is 0 Å². The number of rotatable bonds is 11. The number of hydrogen-bond acceptors (Lipinski definition) is 8. The van der Waals surface area contributed by atoms with Crippen LogP contribution in [0.3, 0.4) is 0 Å². The fourth-order valence-electron chi connectivity index (χ4n) is 18.0. The van der Waals surface area contributed by atoms with Crippen molar-refractivity contribution in [2.45, 2.75) is 171 Å². The monoisotopic (exact) mass is 911 g/mol. The number of morpholine rings is 1. The molecule has 9 aliphatic rings.